The highest BCUT2D eigenvalue weighted by molar-refractivity contribution is 7.89. The fourth-order valence-electron chi connectivity index (χ4n) is 3.83. The van der Waals surface area contributed by atoms with Gasteiger partial charge in [-0.25, -0.2) is 8.42 Å². The lowest BCUT2D eigenvalue weighted by atomic mass is 9.95. The average molecular weight is 324 g/mol. The van der Waals surface area contributed by atoms with E-state index in [4.69, 9.17) is 0 Å². The van der Waals surface area contributed by atoms with Crippen LogP contribution in [0.2, 0.25) is 0 Å². The van der Waals surface area contributed by atoms with E-state index in [0.29, 0.717) is 4.90 Å². The van der Waals surface area contributed by atoms with Gasteiger partial charge in [0.15, 0.2) is 0 Å². The SMILES string of the molecule is Cc1c(C)c(C)c(S(=O)(=O)N2C(C)CCCC2C)c(C)c1C. The first-order valence-electron chi connectivity index (χ1n) is 8.21. The molecular weight excluding hydrogens is 294 g/mol. The molecule has 2 unspecified atom stereocenters. The number of benzene rings is 1. The molecule has 1 aliphatic rings. The van der Waals surface area contributed by atoms with E-state index in [0.717, 1.165) is 41.5 Å². The minimum atomic E-state index is -3.45. The van der Waals surface area contributed by atoms with Gasteiger partial charge in [-0.2, -0.15) is 4.31 Å². The van der Waals surface area contributed by atoms with Crippen molar-refractivity contribution in [1.82, 2.24) is 4.31 Å². The Bertz CT molecular complexity index is 653. The number of hydrogen-bond acceptors (Lipinski definition) is 2. The molecule has 1 fully saturated rings. The summed E-state index contributed by atoms with van der Waals surface area (Å²) in [6, 6.07) is 0.156. The maximum atomic E-state index is 13.4. The summed E-state index contributed by atoms with van der Waals surface area (Å²) in [5.41, 5.74) is 5.21. The predicted octanol–water partition coefficient (Wildman–Crippen LogP) is 4.18. The average Bonchev–Trinajstić information content (AvgIpc) is 2.42. The Morgan fingerprint density at radius 1 is 0.773 bits per heavy atom. The van der Waals surface area contributed by atoms with Crippen molar-refractivity contribution in [3.05, 3.63) is 27.8 Å². The molecular formula is C18H29NO2S. The second-order valence-electron chi connectivity index (χ2n) is 6.92. The Labute approximate surface area is 135 Å². The Balaban J connectivity index is 2.69. The Hall–Kier alpha value is -0.870. The zero-order valence-corrected chi connectivity index (χ0v) is 15.8. The lowest BCUT2D eigenvalue weighted by molar-refractivity contribution is 0.204. The summed E-state index contributed by atoms with van der Waals surface area (Å²) in [4.78, 5) is 0.536. The van der Waals surface area contributed by atoms with Crippen molar-refractivity contribution in [1.29, 1.82) is 0 Å². The zero-order chi connectivity index (χ0) is 16.8. The van der Waals surface area contributed by atoms with Gasteiger partial charge in [0.05, 0.1) is 4.90 Å². The Morgan fingerprint density at radius 2 is 1.14 bits per heavy atom. The van der Waals surface area contributed by atoms with E-state index in [1.807, 2.05) is 41.5 Å². The summed E-state index contributed by atoms with van der Waals surface area (Å²) in [6.45, 7) is 14.1. The molecule has 0 spiro atoms. The van der Waals surface area contributed by atoms with Crippen LogP contribution in [0.3, 0.4) is 0 Å². The van der Waals surface area contributed by atoms with Crippen molar-refractivity contribution in [2.75, 3.05) is 0 Å². The number of piperidine rings is 1. The van der Waals surface area contributed by atoms with E-state index in [-0.39, 0.29) is 12.1 Å². The highest BCUT2D eigenvalue weighted by Gasteiger charge is 2.37. The van der Waals surface area contributed by atoms with Crippen molar-refractivity contribution in [3.8, 4) is 0 Å². The molecule has 0 aliphatic carbocycles. The molecule has 2 rings (SSSR count). The first-order valence-corrected chi connectivity index (χ1v) is 9.65. The number of hydrogen-bond donors (Lipinski definition) is 0. The second kappa shape index (κ2) is 5.97. The molecule has 124 valence electrons. The third-order valence-electron chi connectivity index (χ3n) is 5.58. The van der Waals surface area contributed by atoms with E-state index in [2.05, 4.69) is 6.92 Å². The Morgan fingerprint density at radius 3 is 1.55 bits per heavy atom. The molecule has 1 aromatic rings. The lowest BCUT2D eigenvalue weighted by Gasteiger charge is -2.38. The normalized spacial score (nSPS) is 23.8. The van der Waals surface area contributed by atoms with E-state index < -0.39 is 10.0 Å². The summed E-state index contributed by atoms with van der Waals surface area (Å²) in [5, 5.41) is 0. The fourth-order valence-corrected chi connectivity index (χ4v) is 6.28. The number of nitrogens with zero attached hydrogens (tertiary/aromatic N) is 1. The van der Waals surface area contributed by atoms with Gasteiger partial charge in [-0.15, -0.1) is 0 Å². The maximum Gasteiger partial charge on any atom is 0.244 e. The van der Waals surface area contributed by atoms with Crippen LogP contribution < -0.4 is 0 Å². The van der Waals surface area contributed by atoms with Crippen molar-refractivity contribution in [3.63, 3.8) is 0 Å². The third-order valence-corrected chi connectivity index (χ3v) is 7.98. The van der Waals surface area contributed by atoms with E-state index in [1.54, 1.807) is 4.31 Å². The highest BCUT2D eigenvalue weighted by Crippen LogP contribution is 2.35. The summed E-state index contributed by atoms with van der Waals surface area (Å²) < 4.78 is 28.5. The van der Waals surface area contributed by atoms with Crippen molar-refractivity contribution in [2.45, 2.75) is 84.7 Å². The smallest absolute Gasteiger partial charge is 0.207 e. The summed E-state index contributed by atoms with van der Waals surface area (Å²) in [7, 11) is -3.45. The van der Waals surface area contributed by atoms with Gasteiger partial charge in [0.25, 0.3) is 0 Å². The predicted molar refractivity (Wildman–Crippen MR) is 91.9 cm³/mol. The molecule has 2 atom stereocenters. The molecule has 22 heavy (non-hydrogen) atoms. The summed E-state index contributed by atoms with van der Waals surface area (Å²) >= 11 is 0. The Kier molecular flexibility index (Phi) is 4.74. The molecule has 3 nitrogen and oxygen atoms in total. The van der Waals surface area contributed by atoms with Crippen molar-refractivity contribution in [2.24, 2.45) is 0 Å². The molecule has 0 saturated carbocycles. The van der Waals surface area contributed by atoms with Crippen LogP contribution in [0, 0.1) is 34.6 Å². The van der Waals surface area contributed by atoms with Crippen LogP contribution in [0.4, 0.5) is 0 Å². The van der Waals surface area contributed by atoms with Gasteiger partial charge in [-0.3, -0.25) is 0 Å². The molecule has 4 heteroatoms. The molecule has 1 saturated heterocycles. The molecule has 0 aromatic heterocycles. The molecule has 0 bridgehead atoms. The largest absolute Gasteiger partial charge is 0.244 e. The highest BCUT2D eigenvalue weighted by atomic mass is 32.2. The van der Waals surface area contributed by atoms with Gasteiger partial charge < -0.3 is 0 Å². The fraction of sp³-hybridized carbons (Fsp3) is 0.667. The quantitative estimate of drug-likeness (QED) is 0.819. The standard InChI is InChI=1S/C18H29NO2S/c1-11-9-8-10-12(2)19(11)22(20,21)18-16(6)14(4)13(3)15(5)17(18)7/h11-12H,8-10H2,1-7H3. The van der Waals surface area contributed by atoms with Crippen LogP contribution in [-0.4, -0.2) is 24.8 Å². The van der Waals surface area contributed by atoms with Crippen LogP contribution in [0.15, 0.2) is 4.90 Å². The first-order chi connectivity index (χ1) is 10.1. The first kappa shape index (κ1) is 17.5. The minimum absolute atomic E-state index is 0.0782. The van der Waals surface area contributed by atoms with Crippen LogP contribution >= 0.6 is 0 Å². The minimum Gasteiger partial charge on any atom is -0.207 e. The maximum absolute atomic E-state index is 13.4. The molecule has 0 amide bonds. The van der Waals surface area contributed by atoms with Crippen molar-refractivity contribution >= 4 is 10.0 Å². The molecule has 1 aliphatic heterocycles. The topological polar surface area (TPSA) is 37.4 Å². The van der Waals surface area contributed by atoms with Gasteiger partial charge in [0.2, 0.25) is 10.0 Å². The lowest BCUT2D eigenvalue weighted by Crippen LogP contribution is -2.47. The van der Waals surface area contributed by atoms with E-state index >= 15 is 0 Å². The van der Waals surface area contributed by atoms with Crippen molar-refractivity contribution < 1.29 is 8.42 Å². The van der Waals surface area contributed by atoms with Gasteiger partial charge in [0.1, 0.15) is 0 Å². The monoisotopic (exact) mass is 323 g/mol. The van der Waals surface area contributed by atoms with Gasteiger partial charge in [-0.05, 0) is 89.1 Å². The number of sulfonamides is 1. The van der Waals surface area contributed by atoms with Gasteiger partial charge >= 0.3 is 0 Å². The third kappa shape index (κ3) is 2.61. The number of rotatable bonds is 2. The van der Waals surface area contributed by atoms with E-state index in [9.17, 15) is 8.42 Å². The van der Waals surface area contributed by atoms with Crippen LogP contribution in [0.5, 0.6) is 0 Å². The van der Waals surface area contributed by atoms with Crippen LogP contribution in [0.1, 0.15) is 60.9 Å². The molecule has 0 radical (unpaired) electrons. The van der Waals surface area contributed by atoms with Gasteiger partial charge in [0, 0.05) is 12.1 Å². The van der Waals surface area contributed by atoms with E-state index in [1.165, 1.54) is 5.56 Å². The summed E-state index contributed by atoms with van der Waals surface area (Å²) in [6.07, 6.45) is 3.01. The second-order valence-corrected chi connectivity index (χ2v) is 8.70. The van der Waals surface area contributed by atoms with Gasteiger partial charge in [-0.1, -0.05) is 6.42 Å². The zero-order valence-electron chi connectivity index (χ0n) is 14.9. The molecule has 1 aromatic carbocycles. The molecule has 0 N–H and O–H groups in total. The van der Waals surface area contributed by atoms with Crippen LogP contribution in [-0.2, 0) is 10.0 Å². The van der Waals surface area contributed by atoms with Crippen LogP contribution in [0.25, 0.3) is 0 Å². The molecule has 1 heterocycles. The summed E-state index contributed by atoms with van der Waals surface area (Å²) in [5.74, 6) is 0.